The Morgan fingerprint density at radius 1 is 1.25 bits per heavy atom. The fourth-order valence-corrected chi connectivity index (χ4v) is 1.16. The van der Waals surface area contributed by atoms with Crippen LogP contribution in [0.2, 0.25) is 0 Å². The quantitative estimate of drug-likeness (QED) is 0.627. The molecule has 0 atom stereocenters. The van der Waals surface area contributed by atoms with Crippen molar-refractivity contribution in [1.82, 2.24) is 0 Å². The van der Waals surface area contributed by atoms with Crippen molar-refractivity contribution in [2.75, 3.05) is 6.61 Å². The van der Waals surface area contributed by atoms with Crippen molar-refractivity contribution in [2.45, 2.75) is 27.4 Å². The summed E-state index contributed by atoms with van der Waals surface area (Å²) in [7, 11) is 0. The minimum atomic E-state index is -0.161. The molecular formula is C13H19NO2. The van der Waals surface area contributed by atoms with Crippen molar-refractivity contribution >= 4 is 5.71 Å². The second-order valence-electron chi connectivity index (χ2n) is 4.71. The number of nitrogens with zero attached hydrogens (tertiary/aromatic N) is 1. The average molecular weight is 221 g/mol. The van der Waals surface area contributed by atoms with Crippen molar-refractivity contribution in [3.05, 3.63) is 35.9 Å². The molecule has 0 aromatic heterocycles. The van der Waals surface area contributed by atoms with Gasteiger partial charge in [0.25, 0.3) is 0 Å². The molecule has 0 aliphatic rings. The van der Waals surface area contributed by atoms with Crippen LogP contribution in [0.25, 0.3) is 0 Å². The van der Waals surface area contributed by atoms with Crippen molar-refractivity contribution in [3.8, 4) is 0 Å². The summed E-state index contributed by atoms with van der Waals surface area (Å²) >= 11 is 0. The Morgan fingerprint density at radius 3 is 2.38 bits per heavy atom. The van der Waals surface area contributed by atoms with E-state index in [4.69, 9.17) is 9.94 Å². The molecule has 1 aromatic carbocycles. The van der Waals surface area contributed by atoms with Gasteiger partial charge in [-0.15, -0.1) is 0 Å². The summed E-state index contributed by atoms with van der Waals surface area (Å²) in [6.45, 7) is 6.34. The van der Waals surface area contributed by atoms with Crippen LogP contribution in [0, 0.1) is 5.41 Å². The minimum Gasteiger partial charge on any atom is -0.391 e. The number of hydrogen-bond acceptors (Lipinski definition) is 3. The third-order valence-corrected chi connectivity index (χ3v) is 2.26. The van der Waals surface area contributed by atoms with Crippen LogP contribution in [-0.4, -0.2) is 17.4 Å². The van der Waals surface area contributed by atoms with Crippen molar-refractivity contribution < 1.29 is 9.94 Å². The lowest BCUT2D eigenvalue weighted by molar-refractivity contribution is 0.125. The number of benzene rings is 1. The third-order valence-electron chi connectivity index (χ3n) is 2.26. The third kappa shape index (κ3) is 4.03. The summed E-state index contributed by atoms with van der Waals surface area (Å²) in [5, 5.41) is 13.1. The predicted octanol–water partition coefficient (Wildman–Crippen LogP) is 2.60. The second-order valence-corrected chi connectivity index (χ2v) is 4.71. The SMILES string of the molecule is CC(C)(C)/C(CO)=N\OCc1ccccc1. The van der Waals surface area contributed by atoms with Gasteiger partial charge in [0, 0.05) is 5.41 Å². The largest absolute Gasteiger partial charge is 0.391 e. The Labute approximate surface area is 96.7 Å². The highest BCUT2D eigenvalue weighted by molar-refractivity contribution is 5.89. The standard InChI is InChI=1S/C13H19NO2/c1-13(2,3)12(9-15)14-16-10-11-7-5-4-6-8-11/h4-8,15H,9-10H2,1-3H3/b14-12-. The highest BCUT2D eigenvalue weighted by Crippen LogP contribution is 2.16. The molecule has 0 aliphatic heterocycles. The first-order chi connectivity index (χ1) is 7.54. The summed E-state index contributed by atoms with van der Waals surface area (Å²) in [6, 6.07) is 9.83. The van der Waals surface area contributed by atoms with E-state index in [9.17, 15) is 0 Å². The fourth-order valence-electron chi connectivity index (χ4n) is 1.16. The zero-order valence-electron chi connectivity index (χ0n) is 10.1. The van der Waals surface area contributed by atoms with E-state index in [1.807, 2.05) is 51.1 Å². The van der Waals surface area contributed by atoms with Gasteiger partial charge in [0.1, 0.15) is 6.61 Å². The molecule has 0 amide bonds. The van der Waals surface area contributed by atoms with Gasteiger partial charge < -0.3 is 9.94 Å². The number of rotatable bonds is 4. The highest BCUT2D eigenvalue weighted by atomic mass is 16.6. The highest BCUT2D eigenvalue weighted by Gasteiger charge is 2.18. The van der Waals surface area contributed by atoms with E-state index in [-0.39, 0.29) is 12.0 Å². The van der Waals surface area contributed by atoms with E-state index in [1.54, 1.807) is 0 Å². The lowest BCUT2D eigenvalue weighted by Gasteiger charge is -2.18. The topological polar surface area (TPSA) is 41.8 Å². The molecule has 0 heterocycles. The normalized spacial score (nSPS) is 12.6. The van der Waals surface area contributed by atoms with Crippen LogP contribution in [0.4, 0.5) is 0 Å². The van der Waals surface area contributed by atoms with Crippen molar-refractivity contribution in [1.29, 1.82) is 0 Å². The van der Waals surface area contributed by atoms with Gasteiger partial charge in [-0.3, -0.25) is 0 Å². The molecule has 88 valence electrons. The summed E-state index contributed by atoms with van der Waals surface area (Å²) < 4.78 is 0. The van der Waals surface area contributed by atoms with Crippen molar-refractivity contribution in [3.63, 3.8) is 0 Å². The zero-order chi connectivity index (χ0) is 12.0. The Kier molecular flexibility index (Phi) is 4.50. The van der Waals surface area contributed by atoms with Crippen LogP contribution in [0.3, 0.4) is 0 Å². The molecule has 1 aromatic rings. The first-order valence-electron chi connectivity index (χ1n) is 5.38. The lowest BCUT2D eigenvalue weighted by Crippen LogP contribution is -2.24. The molecule has 3 nitrogen and oxygen atoms in total. The van der Waals surface area contributed by atoms with E-state index >= 15 is 0 Å². The fraction of sp³-hybridized carbons (Fsp3) is 0.462. The Morgan fingerprint density at radius 2 is 1.88 bits per heavy atom. The van der Waals surface area contributed by atoms with E-state index in [0.717, 1.165) is 5.56 Å². The Balaban J connectivity index is 2.53. The minimum absolute atomic E-state index is 0.0711. The van der Waals surface area contributed by atoms with Gasteiger partial charge in [-0.2, -0.15) is 0 Å². The molecule has 0 radical (unpaired) electrons. The van der Waals surface area contributed by atoms with Crippen LogP contribution in [0.1, 0.15) is 26.3 Å². The van der Waals surface area contributed by atoms with E-state index in [0.29, 0.717) is 12.3 Å². The molecule has 1 rings (SSSR count). The maximum Gasteiger partial charge on any atom is 0.142 e. The molecule has 0 spiro atoms. The number of aliphatic hydroxyl groups excluding tert-OH is 1. The first-order valence-corrected chi connectivity index (χ1v) is 5.38. The Hall–Kier alpha value is -1.35. The van der Waals surface area contributed by atoms with Gasteiger partial charge in [0.2, 0.25) is 0 Å². The molecule has 0 unspecified atom stereocenters. The van der Waals surface area contributed by atoms with Crippen LogP contribution in [0.5, 0.6) is 0 Å². The summed E-state index contributed by atoms with van der Waals surface area (Å²) in [4.78, 5) is 5.23. The molecule has 0 fully saturated rings. The van der Waals surface area contributed by atoms with Crippen LogP contribution < -0.4 is 0 Å². The Bertz CT molecular complexity index is 339. The van der Waals surface area contributed by atoms with Crippen LogP contribution in [-0.2, 0) is 11.4 Å². The predicted molar refractivity (Wildman–Crippen MR) is 65.2 cm³/mol. The molecule has 0 bridgehead atoms. The number of oxime groups is 1. The summed E-state index contributed by atoms with van der Waals surface area (Å²) in [6.07, 6.45) is 0. The van der Waals surface area contributed by atoms with Crippen molar-refractivity contribution in [2.24, 2.45) is 10.6 Å². The molecule has 1 N–H and O–H groups in total. The monoisotopic (exact) mass is 221 g/mol. The van der Waals surface area contributed by atoms with E-state index < -0.39 is 0 Å². The van der Waals surface area contributed by atoms with E-state index in [1.165, 1.54) is 0 Å². The molecular weight excluding hydrogens is 202 g/mol. The number of aliphatic hydroxyl groups is 1. The van der Waals surface area contributed by atoms with E-state index in [2.05, 4.69) is 5.16 Å². The molecule has 0 aliphatic carbocycles. The maximum absolute atomic E-state index is 9.15. The van der Waals surface area contributed by atoms with Gasteiger partial charge in [-0.05, 0) is 5.56 Å². The van der Waals surface area contributed by atoms with Gasteiger partial charge in [0.15, 0.2) is 0 Å². The molecule has 16 heavy (non-hydrogen) atoms. The molecule has 3 heteroatoms. The van der Waals surface area contributed by atoms with Gasteiger partial charge in [-0.1, -0.05) is 56.3 Å². The molecule has 0 saturated heterocycles. The molecule has 0 saturated carbocycles. The first kappa shape index (κ1) is 12.7. The van der Waals surface area contributed by atoms with Gasteiger partial charge in [-0.25, -0.2) is 0 Å². The maximum atomic E-state index is 9.15. The second kappa shape index (κ2) is 5.66. The average Bonchev–Trinajstić information content (AvgIpc) is 2.24. The van der Waals surface area contributed by atoms with Crippen LogP contribution >= 0.6 is 0 Å². The van der Waals surface area contributed by atoms with Gasteiger partial charge >= 0.3 is 0 Å². The zero-order valence-corrected chi connectivity index (χ0v) is 10.1. The van der Waals surface area contributed by atoms with Crippen LogP contribution in [0.15, 0.2) is 35.5 Å². The van der Waals surface area contributed by atoms with Gasteiger partial charge in [0.05, 0.1) is 12.3 Å². The smallest absolute Gasteiger partial charge is 0.142 e. The summed E-state index contributed by atoms with van der Waals surface area (Å²) in [5.74, 6) is 0. The summed E-state index contributed by atoms with van der Waals surface area (Å²) in [5.41, 5.74) is 1.56. The number of hydrogen-bond donors (Lipinski definition) is 1. The lowest BCUT2D eigenvalue weighted by atomic mass is 9.91.